The van der Waals surface area contributed by atoms with Gasteiger partial charge in [-0.15, -0.1) is 0 Å². The Labute approximate surface area is 163 Å². The minimum atomic E-state index is -0.229. The summed E-state index contributed by atoms with van der Waals surface area (Å²) in [5.41, 5.74) is 2.60. The second-order valence-corrected chi connectivity index (χ2v) is 7.59. The molecule has 3 rings (SSSR count). The second-order valence-electron chi connectivity index (χ2n) is 7.59. The van der Waals surface area contributed by atoms with Crippen LogP contribution in [0.1, 0.15) is 31.4 Å². The Morgan fingerprint density at radius 1 is 1.04 bits per heavy atom. The molecule has 0 radical (unpaired) electrons. The van der Waals surface area contributed by atoms with E-state index in [9.17, 15) is 5.11 Å². The Morgan fingerprint density at radius 3 is 2.30 bits per heavy atom. The molecule has 2 saturated heterocycles. The average Bonchev–Trinajstić information content (AvgIpc) is 3.13. The van der Waals surface area contributed by atoms with E-state index < -0.39 is 0 Å². The highest BCUT2D eigenvalue weighted by Gasteiger charge is 2.22. The van der Waals surface area contributed by atoms with E-state index in [-0.39, 0.29) is 6.10 Å². The van der Waals surface area contributed by atoms with Crippen molar-refractivity contribution < 1.29 is 5.11 Å². The fraction of sp³-hybridized carbons (Fsp3) is 0.667. The highest BCUT2D eigenvalue weighted by Crippen LogP contribution is 2.12. The Hall–Kier alpha value is -1.63. The van der Waals surface area contributed by atoms with Crippen molar-refractivity contribution in [1.82, 2.24) is 20.0 Å². The van der Waals surface area contributed by atoms with E-state index in [2.05, 4.69) is 58.1 Å². The monoisotopic (exact) mass is 373 g/mol. The summed E-state index contributed by atoms with van der Waals surface area (Å²) in [6.07, 6.45) is 0.596. The van der Waals surface area contributed by atoms with Crippen LogP contribution in [-0.2, 0) is 13.1 Å². The van der Waals surface area contributed by atoms with Crippen LogP contribution in [0, 0.1) is 0 Å². The van der Waals surface area contributed by atoms with Gasteiger partial charge in [0.05, 0.1) is 12.6 Å². The lowest BCUT2D eigenvalue weighted by molar-refractivity contribution is 0.132. The van der Waals surface area contributed by atoms with Crippen LogP contribution in [0.5, 0.6) is 0 Å². The van der Waals surface area contributed by atoms with Gasteiger partial charge in [-0.2, -0.15) is 0 Å². The number of β-amino-alcohol motifs (C(OH)–C–C–N with tert-alkyl or cyclic N) is 1. The first kappa shape index (κ1) is 20.1. The van der Waals surface area contributed by atoms with Gasteiger partial charge in [0.1, 0.15) is 0 Å². The standard InChI is InChI=1S/C21H35N5O/c1-3-22-21(26-10-9-20(27)17-26)23-15-18-5-7-19(8-6-18)16-25-13-11-24(4-2)12-14-25/h5-8,20,27H,3-4,9-17H2,1-2H3,(H,22,23)/t20-/m1/s1. The molecule has 2 aliphatic rings. The molecule has 2 N–H and O–H groups in total. The van der Waals surface area contributed by atoms with Crippen molar-refractivity contribution in [3.63, 3.8) is 0 Å². The summed E-state index contributed by atoms with van der Waals surface area (Å²) >= 11 is 0. The minimum Gasteiger partial charge on any atom is -0.391 e. The molecule has 0 bridgehead atoms. The Kier molecular flexibility index (Phi) is 7.50. The lowest BCUT2D eigenvalue weighted by Gasteiger charge is -2.34. The van der Waals surface area contributed by atoms with Crippen molar-refractivity contribution in [2.45, 2.75) is 39.5 Å². The van der Waals surface area contributed by atoms with Gasteiger partial charge in [-0.25, -0.2) is 4.99 Å². The topological polar surface area (TPSA) is 54.3 Å². The van der Waals surface area contributed by atoms with Crippen LogP contribution in [0.25, 0.3) is 0 Å². The summed E-state index contributed by atoms with van der Waals surface area (Å²) in [6, 6.07) is 8.88. The van der Waals surface area contributed by atoms with Crippen LogP contribution in [0.4, 0.5) is 0 Å². The molecule has 2 heterocycles. The summed E-state index contributed by atoms with van der Waals surface area (Å²) in [6.45, 7) is 14.3. The number of aliphatic imine (C=N–C) groups is 1. The minimum absolute atomic E-state index is 0.229. The van der Waals surface area contributed by atoms with Crippen LogP contribution < -0.4 is 5.32 Å². The first-order valence-corrected chi connectivity index (χ1v) is 10.4. The number of benzene rings is 1. The molecule has 0 aliphatic carbocycles. The maximum atomic E-state index is 9.76. The molecule has 0 spiro atoms. The van der Waals surface area contributed by atoms with Crippen LogP contribution in [0.3, 0.4) is 0 Å². The van der Waals surface area contributed by atoms with Gasteiger partial charge in [-0.1, -0.05) is 31.2 Å². The van der Waals surface area contributed by atoms with Crippen molar-refractivity contribution in [2.24, 2.45) is 4.99 Å². The van der Waals surface area contributed by atoms with Gasteiger partial charge in [0.2, 0.25) is 0 Å². The van der Waals surface area contributed by atoms with E-state index in [0.717, 1.165) is 51.6 Å². The first-order valence-electron chi connectivity index (χ1n) is 10.4. The van der Waals surface area contributed by atoms with Gasteiger partial charge in [0.25, 0.3) is 0 Å². The number of aliphatic hydroxyl groups is 1. The number of piperazine rings is 1. The number of likely N-dealkylation sites (N-methyl/N-ethyl adjacent to an activating group) is 1. The van der Waals surface area contributed by atoms with Gasteiger partial charge >= 0.3 is 0 Å². The number of hydrogen-bond donors (Lipinski definition) is 2. The Bertz CT molecular complexity index is 595. The molecular formula is C21H35N5O. The van der Waals surface area contributed by atoms with Crippen molar-refractivity contribution >= 4 is 5.96 Å². The SMILES string of the molecule is CCNC(=NCc1ccc(CN2CCN(CC)CC2)cc1)N1CC[C@@H](O)C1. The first-order chi connectivity index (χ1) is 13.2. The molecule has 1 aromatic carbocycles. The van der Waals surface area contributed by atoms with Crippen molar-refractivity contribution in [3.05, 3.63) is 35.4 Å². The zero-order valence-corrected chi connectivity index (χ0v) is 16.9. The third kappa shape index (κ3) is 5.92. The molecule has 150 valence electrons. The van der Waals surface area contributed by atoms with Gasteiger partial charge in [0, 0.05) is 52.4 Å². The normalized spacial score (nSPS) is 22.4. The van der Waals surface area contributed by atoms with Crippen molar-refractivity contribution in [3.8, 4) is 0 Å². The summed E-state index contributed by atoms with van der Waals surface area (Å²) in [5.74, 6) is 0.909. The number of rotatable bonds is 6. The third-order valence-electron chi connectivity index (χ3n) is 5.55. The van der Waals surface area contributed by atoms with Crippen LogP contribution in [0.2, 0.25) is 0 Å². The quantitative estimate of drug-likeness (QED) is 0.582. The predicted octanol–water partition coefficient (Wildman–Crippen LogP) is 1.36. The van der Waals surface area contributed by atoms with Gasteiger partial charge < -0.3 is 20.2 Å². The summed E-state index contributed by atoms with van der Waals surface area (Å²) in [5, 5.41) is 13.1. The lowest BCUT2D eigenvalue weighted by Crippen LogP contribution is -2.45. The van der Waals surface area contributed by atoms with E-state index in [1.807, 2.05) is 0 Å². The van der Waals surface area contributed by atoms with E-state index in [1.165, 1.54) is 24.2 Å². The predicted molar refractivity (Wildman–Crippen MR) is 111 cm³/mol. The largest absolute Gasteiger partial charge is 0.391 e. The molecule has 0 aromatic heterocycles. The van der Waals surface area contributed by atoms with E-state index in [4.69, 9.17) is 4.99 Å². The fourth-order valence-electron chi connectivity index (χ4n) is 3.80. The molecular weight excluding hydrogens is 338 g/mol. The number of nitrogens with one attached hydrogen (secondary N) is 1. The number of aliphatic hydroxyl groups excluding tert-OH is 1. The summed E-state index contributed by atoms with van der Waals surface area (Å²) in [4.78, 5) is 12.0. The zero-order valence-electron chi connectivity index (χ0n) is 16.9. The Morgan fingerprint density at radius 2 is 1.70 bits per heavy atom. The maximum absolute atomic E-state index is 9.76. The third-order valence-corrected chi connectivity index (χ3v) is 5.55. The smallest absolute Gasteiger partial charge is 0.194 e. The summed E-state index contributed by atoms with van der Waals surface area (Å²) < 4.78 is 0. The zero-order chi connectivity index (χ0) is 19.1. The average molecular weight is 374 g/mol. The van der Waals surface area contributed by atoms with Crippen LogP contribution in [-0.4, -0.2) is 84.2 Å². The van der Waals surface area contributed by atoms with E-state index in [1.54, 1.807) is 0 Å². The summed E-state index contributed by atoms with van der Waals surface area (Å²) in [7, 11) is 0. The van der Waals surface area contributed by atoms with Crippen LogP contribution in [0.15, 0.2) is 29.3 Å². The Balaban J connectivity index is 1.52. The molecule has 6 nitrogen and oxygen atoms in total. The maximum Gasteiger partial charge on any atom is 0.194 e. The fourth-order valence-corrected chi connectivity index (χ4v) is 3.80. The molecule has 2 fully saturated rings. The van der Waals surface area contributed by atoms with Gasteiger partial charge in [0.15, 0.2) is 5.96 Å². The van der Waals surface area contributed by atoms with Gasteiger partial charge in [-0.05, 0) is 31.0 Å². The molecule has 0 amide bonds. The highest BCUT2D eigenvalue weighted by atomic mass is 16.3. The van der Waals surface area contributed by atoms with Crippen LogP contribution >= 0.6 is 0 Å². The number of guanidine groups is 1. The molecule has 0 unspecified atom stereocenters. The molecule has 1 aromatic rings. The molecule has 6 heteroatoms. The second kappa shape index (κ2) is 10.1. The van der Waals surface area contributed by atoms with Gasteiger partial charge in [-0.3, -0.25) is 4.90 Å². The number of nitrogens with zero attached hydrogens (tertiary/aromatic N) is 4. The molecule has 0 saturated carbocycles. The van der Waals surface area contributed by atoms with Crippen molar-refractivity contribution in [1.29, 1.82) is 0 Å². The lowest BCUT2D eigenvalue weighted by atomic mass is 10.1. The molecule has 2 aliphatic heterocycles. The number of hydrogen-bond acceptors (Lipinski definition) is 4. The highest BCUT2D eigenvalue weighted by molar-refractivity contribution is 5.80. The number of likely N-dealkylation sites (tertiary alicyclic amines) is 1. The molecule has 27 heavy (non-hydrogen) atoms. The van der Waals surface area contributed by atoms with E-state index in [0.29, 0.717) is 13.1 Å². The van der Waals surface area contributed by atoms with E-state index >= 15 is 0 Å². The van der Waals surface area contributed by atoms with Crippen molar-refractivity contribution in [2.75, 3.05) is 52.4 Å². The molecule has 1 atom stereocenters.